The fourth-order valence-electron chi connectivity index (χ4n) is 3.44. The van der Waals surface area contributed by atoms with E-state index in [4.69, 9.17) is 14.2 Å². The monoisotopic (exact) mass is 400 g/mol. The number of hydrogen-bond acceptors (Lipinski definition) is 7. The summed E-state index contributed by atoms with van der Waals surface area (Å²) < 4.78 is 16.0. The number of rotatable bonds is 7. The Labute approximate surface area is 171 Å². The van der Waals surface area contributed by atoms with Crippen molar-refractivity contribution in [2.24, 2.45) is 0 Å². The van der Waals surface area contributed by atoms with Gasteiger partial charge in [-0.05, 0) is 43.9 Å². The third-order valence-corrected chi connectivity index (χ3v) is 5.03. The van der Waals surface area contributed by atoms with Crippen LogP contribution in [-0.4, -0.2) is 50.3 Å². The summed E-state index contributed by atoms with van der Waals surface area (Å²) in [6.45, 7) is 4.07. The van der Waals surface area contributed by atoms with E-state index in [-0.39, 0.29) is 5.91 Å². The van der Waals surface area contributed by atoms with Crippen molar-refractivity contribution in [2.45, 2.75) is 32.7 Å². The normalized spacial score (nSPS) is 13.7. The molecule has 8 nitrogen and oxygen atoms in total. The smallest absolute Gasteiger partial charge is 0.254 e. The number of benzene rings is 1. The molecule has 1 fully saturated rings. The number of nitrogens with zero attached hydrogens (tertiary/aromatic N) is 3. The van der Waals surface area contributed by atoms with Crippen LogP contribution in [0.5, 0.6) is 17.2 Å². The summed E-state index contributed by atoms with van der Waals surface area (Å²) in [4.78, 5) is 23.8. The minimum absolute atomic E-state index is 0.221. The first-order valence-electron chi connectivity index (χ1n) is 9.73. The highest BCUT2D eigenvalue weighted by molar-refractivity contribution is 5.95. The van der Waals surface area contributed by atoms with E-state index in [0.29, 0.717) is 41.0 Å². The van der Waals surface area contributed by atoms with Crippen LogP contribution in [0.4, 0.5) is 5.95 Å². The lowest BCUT2D eigenvalue weighted by Gasteiger charge is -2.26. The van der Waals surface area contributed by atoms with E-state index < -0.39 is 0 Å². The molecule has 1 saturated heterocycles. The number of hydrogen-bond donors (Lipinski definition) is 1. The van der Waals surface area contributed by atoms with Crippen LogP contribution in [0.25, 0.3) is 0 Å². The van der Waals surface area contributed by atoms with E-state index in [1.54, 1.807) is 27.5 Å². The van der Waals surface area contributed by atoms with E-state index in [1.807, 2.05) is 19.1 Å². The third-order valence-electron chi connectivity index (χ3n) is 5.03. The molecule has 0 unspecified atom stereocenters. The summed E-state index contributed by atoms with van der Waals surface area (Å²) in [5, 5.41) is 2.91. The Bertz CT molecular complexity index is 841. The molecule has 8 heteroatoms. The standard InChI is InChI=1S/C21H28N4O4/c1-14-16(13-23-21(24-14)25-8-6-5-7-9-25)20(26)22-12-15-10-17(27-2)19(29-4)18(11-15)28-3/h10-11,13H,5-9,12H2,1-4H3,(H,22,26). The number of carbonyl (C=O) groups excluding carboxylic acids is 1. The minimum atomic E-state index is -0.221. The second-order valence-electron chi connectivity index (χ2n) is 6.93. The zero-order valence-electron chi connectivity index (χ0n) is 17.4. The van der Waals surface area contributed by atoms with E-state index >= 15 is 0 Å². The van der Waals surface area contributed by atoms with Crippen LogP contribution in [-0.2, 0) is 6.54 Å². The summed E-state index contributed by atoms with van der Waals surface area (Å²) >= 11 is 0. The van der Waals surface area contributed by atoms with Crippen LogP contribution >= 0.6 is 0 Å². The van der Waals surface area contributed by atoms with Gasteiger partial charge in [0.1, 0.15) is 0 Å². The van der Waals surface area contributed by atoms with E-state index in [2.05, 4.69) is 20.2 Å². The van der Waals surface area contributed by atoms with Gasteiger partial charge in [0.25, 0.3) is 5.91 Å². The van der Waals surface area contributed by atoms with Gasteiger partial charge in [-0.3, -0.25) is 4.79 Å². The molecule has 1 aliphatic heterocycles. The van der Waals surface area contributed by atoms with Crippen molar-refractivity contribution < 1.29 is 19.0 Å². The van der Waals surface area contributed by atoms with E-state index in [0.717, 1.165) is 31.5 Å². The maximum atomic E-state index is 12.7. The van der Waals surface area contributed by atoms with Gasteiger partial charge in [-0.15, -0.1) is 0 Å². The average Bonchev–Trinajstić information content (AvgIpc) is 2.77. The topological polar surface area (TPSA) is 85.8 Å². The number of carbonyl (C=O) groups is 1. The maximum Gasteiger partial charge on any atom is 0.254 e. The Morgan fingerprint density at radius 2 is 1.72 bits per heavy atom. The predicted octanol–water partition coefficient (Wildman–Crippen LogP) is 2.73. The predicted molar refractivity (Wildman–Crippen MR) is 110 cm³/mol. The molecular weight excluding hydrogens is 372 g/mol. The Morgan fingerprint density at radius 1 is 1.07 bits per heavy atom. The molecule has 3 rings (SSSR count). The summed E-state index contributed by atoms with van der Waals surface area (Å²) in [7, 11) is 4.67. The lowest BCUT2D eigenvalue weighted by Crippen LogP contribution is -2.31. The van der Waals surface area contributed by atoms with Gasteiger partial charge in [-0.25, -0.2) is 9.97 Å². The molecule has 29 heavy (non-hydrogen) atoms. The number of amides is 1. The Morgan fingerprint density at radius 3 is 2.28 bits per heavy atom. The largest absolute Gasteiger partial charge is 0.493 e. The summed E-state index contributed by atoms with van der Waals surface area (Å²) in [5.41, 5.74) is 1.97. The van der Waals surface area contributed by atoms with Gasteiger partial charge in [0.2, 0.25) is 11.7 Å². The third kappa shape index (κ3) is 4.70. The van der Waals surface area contributed by atoms with Crippen LogP contribution in [0.2, 0.25) is 0 Å². The highest BCUT2D eigenvalue weighted by Crippen LogP contribution is 2.38. The molecular formula is C21H28N4O4. The lowest BCUT2D eigenvalue weighted by atomic mass is 10.1. The van der Waals surface area contributed by atoms with Gasteiger partial charge in [-0.2, -0.15) is 0 Å². The molecule has 1 aliphatic rings. The molecule has 1 aromatic heterocycles. The maximum absolute atomic E-state index is 12.7. The van der Waals surface area contributed by atoms with Gasteiger partial charge >= 0.3 is 0 Å². The second-order valence-corrected chi connectivity index (χ2v) is 6.93. The molecule has 0 spiro atoms. The minimum Gasteiger partial charge on any atom is -0.493 e. The summed E-state index contributed by atoms with van der Waals surface area (Å²) in [6, 6.07) is 3.62. The van der Waals surface area contributed by atoms with Gasteiger partial charge < -0.3 is 24.4 Å². The molecule has 0 saturated carbocycles. The zero-order valence-corrected chi connectivity index (χ0v) is 17.4. The first-order valence-corrected chi connectivity index (χ1v) is 9.73. The van der Waals surface area contributed by atoms with Crippen molar-refractivity contribution in [3.63, 3.8) is 0 Å². The Hall–Kier alpha value is -3.03. The Kier molecular flexibility index (Phi) is 6.74. The quantitative estimate of drug-likeness (QED) is 0.765. The fraction of sp³-hybridized carbons (Fsp3) is 0.476. The molecule has 1 amide bonds. The molecule has 156 valence electrons. The van der Waals surface area contributed by atoms with Crippen LogP contribution in [0.3, 0.4) is 0 Å². The van der Waals surface area contributed by atoms with E-state index in [1.165, 1.54) is 6.42 Å². The molecule has 2 aromatic rings. The fourth-order valence-corrected chi connectivity index (χ4v) is 3.44. The van der Waals surface area contributed by atoms with Gasteiger partial charge in [0.05, 0.1) is 32.6 Å². The highest BCUT2D eigenvalue weighted by Gasteiger charge is 2.18. The number of methoxy groups -OCH3 is 3. The first-order chi connectivity index (χ1) is 14.1. The average molecular weight is 400 g/mol. The van der Waals surface area contributed by atoms with Crippen molar-refractivity contribution >= 4 is 11.9 Å². The highest BCUT2D eigenvalue weighted by atomic mass is 16.5. The molecule has 0 atom stereocenters. The van der Waals surface area contributed by atoms with Crippen LogP contribution < -0.4 is 24.4 Å². The molecule has 1 N–H and O–H groups in total. The molecule has 0 aliphatic carbocycles. The molecule has 0 radical (unpaired) electrons. The van der Waals surface area contributed by atoms with Gasteiger partial charge in [0.15, 0.2) is 11.5 Å². The number of aryl methyl sites for hydroxylation is 1. The number of nitrogens with one attached hydrogen (secondary N) is 1. The zero-order chi connectivity index (χ0) is 20.8. The van der Waals surface area contributed by atoms with Crippen molar-refractivity contribution in [2.75, 3.05) is 39.3 Å². The van der Waals surface area contributed by atoms with Crippen molar-refractivity contribution in [1.29, 1.82) is 0 Å². The SMILES string of the molecule is COc1cc(CNC(=O)c2cnc(N3CCCCC3)nc2C)cc(OC)c1OC. The number of ether oxygens (including phenoxy) is 3. The Balaban J connectivity index is 1.70. The van der Waals surface area contributed by atoms with Crippen molar-refractivity contribution in [3.05, 3.63) is 35.2 Å². The molecule has 1 aromatic carbocycles. The van der Waals surface area contributed by atoms with Crippen LogP contribution in [0.1, 0.15) is 40.9 Å². The second kappa shape index (κ2) is 9.45. The van der Waals surface area contributed by atoms with Gasteiger partial charge in [-0.1, -0.05) is 0 Å². The lowest BCUT2D eigenvalue weighted by molar-refractivity contribution is 0.0949. The summed E-state index contributed by atoms with van der Waals surface area (Å²) in [6.07, 6.45) is 5.16. The number of piperidine rings is 1. The van der Waals surface area contributed by atoms with Crippen molar-refractivity contribution in [3.8, 4) is 17.2 Å². The molecule has 2 heterocycles. The van der Waals surface area contributed by atoms with Gasteiger partial charge in [0, 0.05) is 25.8 Å². The first kappa shape index (κ1) is 20.7. The van der Waals surface area contributed by atoms with Crippen molar-refractivity contribution in [1.82, 2.24) is 15.3 Å². The molecule has 0 bridgehead atoms. The van der Waals surface area contributed by atoms with Crippen LogP contribution in [0.15, 0.2) is 18.3 Å². The number of anilines is 1. The summed E-state index contributed by atoms with van der Waals surface area (Å²) in [5.74, 6) is 2.08. The van der Waals surface area contributed by atoms with E-state index in [9.17, 15) is 4.79 Å². The van der Waals surface area contributed by atoms with Crippen LogP contribution in [0, 0.1) is 6.92 Å². The number of aromatic nitrogens is 2.